The predicted molar refractivity (Wildman–Crippen MR) is 85.1 cm³/mol. The van der Waals surface area contributed by atoms with Crippen LogP contribution in [0, 0.1) is 0 Å². The van der Waals surface area contributed by atoms with Crippen LogP contribution in [0.1, 0.15) is 19.4 Å². The van der Waals surface area contributed by atoms with E-state index in [9.17, 15) is 4.79 Å². The molecule has 0 radical (unpaired) electrons. The van der Waals surface area contributed by atoms with Crippen molar-refractivity contribution in [1.29, 1.82) is 0 Å². The van der Waals surface area contributed by atoms with Gasteiger partial charge in [-0.25, -0.2) is 0 Å². The van der Waals surface area contributed by atoms with Gasteiger partial charge < -0.3 is 19.9 Å². The van der Waals surface area contributed by atoms with Crippen LogP contribution in [0.2, 0.25) is 0 Å². The van der Waals surface area contributed by atoms with Crippen LogP contribution in [0.5, 0.6) is 11.5 Å². The highest BCUT2D eigenvalue weighted by Crippen LogP contribution is 2.23. The van der Waals surface area contributed by atoms with E-state index >= 15 is 0 Å². The summed E-state index contributed by atoms with van der Waals surface area (Å²) in [6, 6.07) is 5.63. The molecule has 0 saturated carbocycles. The minimum atomic E-state index is -0.420. The molecule has 0 aliphatic rings. The van der Waals surface area contributed by atoms with Gasteiger partial charge in [0.15, 0.2) is 0 Å². The van der Waals surface area contributed by atoms with E-state index in [0.717, 1.165) is 5.56 Å². The van der Waals surface area contributed by atoms with Crippen molar-refractivity contribution >= 4 is 5.97 Å². The first-order valence-corrected chi connectivity index (χ1v) is 7.07. The molecular weight excluding hydrogens is 284 g/mol. The van der Waals surface area contributed by atoms with Crippen molar-refractivity contribution in [2.24, 2.45) is 5.73 Å². The maximum Gasteiger partial charge on any atom is 0.319 e. The van der Waals surface area contributed by atoms with Crippen molar-refractivity contribution in [3.8, 4) is 11.5 Å². The van der Waals surface area contributed by atoms with Gasteiger partial charge in [-0.3, -0.25) is 9.69 Å². The molecule has 0 spiro atoms. The largest absolute Gasteiger partial charge is 0.497 e. The van der Waals surface area contributed by atoms with Crippen LogP contribution in [-0.2, 0) is 16.1 Å². The van der Waals surface area contributed by atoms with Crippen molar-refractivity contribution in [2.75, 3.05) is 34.4 Å². The van der Waals surface area contributed by atoms with Crippen molar-refractivity contribution in [3.05, 3.63) is 23.8 Å². The Morgan fingerprint density at radius 3 is 2.09 bits per heavy atom. The van der Waals surface area contributed by atoms with Crippen LogP contribution in [-0.4, -0.2) is 50.8 Å². The van der Waals surface area contributed by atoms with Crippen LogP contribution in [0.25, 0.3) is 0 Å². The molecule has 0 unspecified atom stereocenters. The molecule has 0 atom stereocenters. The zero-order valence-corrected chi connectivity index (χ0v) is 14.0. The van der Waals surface area contributed by atoms with Gasteiger partial charge in [0.25, 0.3) is 0 Å². The summed E-state index contributed by atoms with van der Waals surface area (Å²) >= 11 is 0. The molecule has 124 valence electrons. The molecule has 1 aromatic rings. The second-order valence-electron chi connectivity index (χ2n) is 5.93. The first kappa shape index (κ1) is 18.3. The Morgan fingerprint density at radius 2 is 1.68 bits per heavy atom. The van der Waals surface area contributed by atoms with Crippen molar-refractivity contribution < 1.29 is 19.0 Å². The molecule has 0 bridgehead atoms. The van der Waals surface area contributed by atoms with Gasteiger partial charge in [0, 0.05) is 24.7 Å². The molecule has 0 aliphatic heterocycles. The quantitative estimate of drug-likeness (QED) is 0.732. The molecule has 1 aromatic carbocycles. The second-order valence-corrected chi connectivity index (χ2v) is 5.93. The highest BCUT2D eigenvalue weighted by atomic mass is 16.5. The Balaban J connectivity index is 2.94. The van der Waals surface area contributed by atoms with E-state index in [0.29, 0.717) is 24.6 Å². The predicted octanol–water partition coefficient (Wildman–Crippen LogP) is 1.42. The fourth-order valence-electron chi connectivity index (χ4n) is 2.21. The van der Waals surface area contributed by atoms with Crippen LogP contribution in [0.4, 0.5) is 0 Å². The third-order valence-corrected chi connectivity index (χ3v) is 3.03. The third-order valence-electron chi connectivity index (χ3n) is 3.03. The summed E-state index contributed by atoms with van der Waals surface area (Å²) in [6.45, 7) is 5.12. The zero-order valence-electron chi connectivity index (χ0n) is 14.0. The number of ether oxygens (including phenoxy) is 3. The van der Waals surface area contributed by atoms with E-state index in [4.69, 9.17) is 19.9 Å². The molecule has 1 rings (SSSR count). The fraction of sp³-hybridized carbons (Fsp3) is 0.562. The Labute approximate surface area is 132 Å². The van der Waals surface area contributed by atoms with Gasteiger partial charge in [-0.05, 0) is 31.5 Å². The Bertz CT molecular complexity index is 475. The zero-order chi connectivity index (χ0) is 16.8. The molecule has 2 N–H and O–H groups in total. The molecule has 6 heteroatoms. The molecule has 0 saturated heterocycles. The fourth-order valence-corrected chi connectivity index (χ4v) is 2.21. The highest BCUT2D eigenvalue weighted by Gasteiger charge is 2.20. The first-order valence-electron chi connectivity index (χ1n) is 7.07. The summed E-state index contributed by atoms with van der Waals surface area (Å²) < 4.78 is 15.3. The van der Waals surface area contributed by atoms with Gasteiger partial charge in [-0.15, -0.1) is 0 Å². The average molecular weight is 310 g/mol. The van der Waals surface area contributed by atoms with E-state index < -0.39 is 5.54 Å². The normalized spacial score (nSPS) is 11.4. The highest BCUT2D eigenvalue weighted by molar-refractivity contribution is 5.71. The van der Waals surface area contributed by atoms with Gasteiger partial charge in [-0.1, -0.05) is 0 Å². The molecule has 0 heterocycles. The summed E-state index contributed by atoms with van der Waals surface area (Å²) in [5.41, 5.74) is 6.63. The first-order chi connectivity index (χ1) is 10.3. The minimum Gasteiger partial charge on any atom is -0.497 e. The van der Waals surface area contributed by atoms with Crippen molar-refractivity contribution in [1.82, 2.24) is 4.90 Å². The number of carbonyl (C=O) groups is 1. The standard InChI is InChI=1S/C16H26N2O4/c1-16(2,17)11-18(10-15(19)22-5)9-12-6-13(20-3)8-14(7-12)21-4/h6-8H,9-11,17H2,1-5H3. The number of hydrogen-bond acceptors (Lipinski definition) is 6. The Hall–Kier alpha value is -1.79. The third kappa shape index (κ3) is 6.32. The summed E-state index contributed by atoms with van der Waals surface area (Å²) in [5, 5.41) is 0. The van der Waals surface area contributed by atoms with Gasteiger partial charge in [0.1, 0.15) is 11.5 Å². The number of benzene rings is 1. The number of carbonyl (C=O) groups excluding carboxylic acids is 1. The van der Waals surface area contributed by atoms with Crippen LogP contribution < -0.4 is 15.2 Å². The van der Waals surface area contributed by atoms with Gasteiger partial charge in [-0.2, -0.15) is 0 Å². The van der Waals surface area contributed by atoms with Crippen molar-refractivity contribution in [2.45, 2.75) is 25.9 Å². The SMILES string of the molecule is COC(=O)CN(Cc1cc(OC)cc(OC)c1)CC(C)(C)N. The molecule has 22 heavy (non-hydrogen) atoms. The average Bonchev–Trinajstić information content (AvgIpc) is 2.44. The number of rotatable bonds is 8. The topological polar surface area (TPSA) is 74.0 Å². The van der Waals surface area contributed by atoms with E-state index in [1.54, 1.807) is 20.3 Å². The maximum atomic E-state index is 11.6. The number of methoxy groups -OCH3 is 3. The summed E-state index contributed by atoms with van der Waals surface area (Å²) in [5.74, 6) is 1.12. The molecule has 0 amide bonds. The van der Waals surface area contributed by atoms with Gasteiger partial charge >= 0.3 is 5.97 Å². The van der Waals surface area contributed by atoms with E-state index in [1.165, 1.54) is 7.11 Å². The van der Waals surface area contributed by atoms with Crippen LogP contribution >= 0.6 is 0 Å². The summed E-state index contributed by atoms with van der Waals surface area (Å²) in [7, 11) is 4.59. The van der Waals surface area contributed by atoms with E-state index in [-0.39, 0.29) is 12.5 Å². The lowest BCUT2D eigenvalue weighted by Gasteiger charge is -2.29. The number of nitrogens with zero attached hydrogens (tertiary/aromatic N) is 1. The summed E-state index contributed by atoms with van der Waals surface area (Å²) in [4.78, 5) is 13.5. The number of hydrogen-bond donors (Lipinski definition) is 1. The monoisotopic (exact) mass is 310 g/mol. The van der Waals surface area contributed by atoms with Gasteiger partial charge in [0.2, 0.25) is 0 Å². The van der Waals surface area contributed by atoms with Crippen LogP contribution in [0.3, 0.4) is 0 Å². The van der Waals surface area contributed by atoms with Crippen LogP contribution in [0.15, 0.2) is 18.2 Å². The van der Waals surface area contributed by atoms with Gasteiger partial charge in [0.05, 0.1) is 27.9 Å². The lowest BCUT2D eigenvalue weighted by molar-refractivity contribution is -0.142. The molecule has 6 nitrogen and oxygen atoms in total. The Morgan fingerprint density at radius 1 is 1.14 bits per heavy atom. The molecule has 0 aliphatic carbocycles. The lowest BCUT2D eigenvalue weighted by atomic mass is 10.1. The maximum absolute atomic E-state index is 11.6. The summed E-state index contributed by atoms with van der Waals surface area (Å²) in [6.07, 6.45) is 0. The number of esters is 1. The minimum absolute atomic E-state index is 0.177. The molecule has 0 aromatic heterocycles. The molecular formula is C16H26N2O4. The second kappa shape index (κ2) is 8.00. The van der Waals surface area contributed by atoms with E-state index in [2.05, 4.69) is 0 Å². The molecule has 0 fully saturated rings. The number of nitrogens with two attached hydrogens (primary N) is 1. The van der Waals surface area contributed by atoms with Crippen molar-refractivity contribution in [3.63, 3.8) is 0 Å². The Kier molecular flexibility index (Phi) is 6.64. The van der Waals surface area contributed by atoms with E-state index in [1.807, 2.05) is 30.9 Å². The lowest BCUT2D eigenvalue weighted by Crippen LogP contribution is -2.46. The smallest absolute Gasteiger partial charge is 0.319 e.